The lowest BCUT2D eigenvalue weighted by Crippen LogP contribution is -2.30. The van der Waals surface area contributed by atoms with Crippen LogP contribution in [0.1, 0.15) is 19.3 Å². The molecule has 3 unspecified atom stereocenters. The average molecular weight is 288 g/mol. The third-order valence-electron chi connectivity index (χ3n) is 3.77. The Morgan fingerprint density at radius 1 is 1.35 bits per heavy atom. The van der Waals surface area contributed by atoms with E-state index in [9.17, 15) is 13.2 Å². The van der Waals surface area contributed by atoms with Crippen LogP contribution in [0.3, 0.4) is 0 Å². The molecule has 0 aliphatic carbocycles. The number of nitrogens with two attached hydrogens (primary N) is 1. The van der Waals surface area contributed by atoms with Gasteiger partial charge in [-0.2, -0.15) is 8.78 Å². The second-order valence-electron chi connectivity index (χ2n) is 5.11. The lowest BCUT2D eigenvalue weighted by molar-refractivity contribution is -0.0521. The molecule has 2 fully saturated rings. The molecule has 110 valence electrons. The summed E-state index contributed by atoms with van der Waals surface area (Å²) in [4.78, 5) is 0. The smallest absolute Gasteiger partial charge is 0.387 e. The van der Waals surface area contributed by atoms with Crippen LogP contribution in [0.15, 0.2) is 12.1 Å². The first-order chi connectivity index (χ1) is 9.52. The molecule has 0 aromatic heterocycles. The normalized spacial score (nSPS) is 28.1. The van der Waals surface area contributed by atoms with Crippen LogP contribution in [0.2, 0.25) is 0 Å². The standard InChI is InChI=1S/C13H15F3N2O2/c14-7-4-8(17)9(5-12(7)20-13(15)16)18-10-3-6-1-2-11(10)19-6/h4-6,10-11,13,18H,1-3,17H2. The maximum Gasteiger partial charge on any atom is 0.387 e. The van der Waals surface area contributed by atoms with Crippen LogP contribution in [0.5, 0.6) is 5.75 Å². The van der Waals surface area contributed by atoms with Crippen LogP contribution in [-0.4, -0.2) is 24.9 Å². The summed E-state index contributed by atoms with van der Waals surface area (Å²) in [6, 6.07) is 2.22. The van der Waals surface area contributed by atoms with Gasteiger partial charge < -0.3 is 20.5 Å². The molecule has 1 aromatic carbocycles. The number of rotatable bonds is 4. The molecular weight excluding hydrogens is 273 g/mol. The Bertz CT molecular complexity index is 513. The summed E-state index contributed by atoms with van der Waals surface area (Å²) in [7, 11) is 0. The van der Waals surface area contributed by atoms with Gasteiger partial charge in [0.05, 0.1) is 29.6 Å². The molecule has 0 amide bonds. The van der Waals surface area contributed by atoms with Crippen molar-refractivity contribution in [2.24, 2.45) is 0 Å². The number of alkyl halides is 2. The summed E-state index contributed by atoms with van der Waals surface area (Å²) >= 11 is 0. The molecule has 2 aliphatic rings. The van der Waals surface area contributed by atoms with Crippen molar-refractivity contribution in [2.45, 2.75) is 44.1 Å². The number of ether oxygens (including phenoxy) is 2. The molecule has 3 rings (SSSR count). The minimum Gasteiger partial charge on any atom is -0.432 e. The summed E-state index contributed by atoms with van der Waals surface area (Å²) < 4.78 is 47.7. The van der Waals surface area contributed by atoms with Crippen LogP contribution in [0.4, 0.5) is 24.5 Å². The minimum atomic E-state index is -3.08. The molecule has 20 heavy (non-hydrogen) atoms. The van der Waals surface area contributed by atoms with E-state index in [2.05, 4.69) is 10.1 Å². The van der Waals surface area contributed by atoms with Crippen molar-refractivity contribution in [2.75, 3.05) is 11.1 Å². The van der Waals surface area contributed by atoms with Gasteiger partial charge in [0, 0.05) is 12.1 Å². The van der Waals surface area contributed by atoms with Crippen molar-refractivity contribution in [3.63, 3.8) is 0 Å². The highest BCUT2D eigenvalue weighted by molar-refractivity contribution is 5.69. The number of hydrogen-bond acceptors (Lipinski definition) is 4. The van der Waals surface area contributed by atoms with E-state index in [1.54, 1.807) is 0 Å². The first-order valence-corrected chi connectivity index (χ1v) is 6.49. The van der Waals surface area contributed by atoms with Crippen molar-refractivity contribution in [1.82, 2.24) is 0 Å². The van der Waals surface area contributed by atoms with E-state index in [-0.39, 0.29) is 23.9 Å². The summed E-state index contributed by atoms with van der Waals surface area (Å²) in [5.41, 5.74) is 6.26. The maximum atomic E-state index is 13.5. The fourth-order valence-corrected chi connectivity index (χ4v) is 2.87. The van der Waals surface area contributed by atoms with Crippen LogP contribution < -0.4 is 15.8 Å². The first kappa shape index (κ1) is 13.4. The van der Waals surface area contributed by atoms with Gasteiger partial charge in [-0.1, -0.05) is 0 Å². The van der Waals surface area contributed by atoms with Crippen LogP contribution >= 0.6 is 0 Å². The number of nitrogen functional groups attached to an aromatic ring is 1. The molecule has 4 nitrogen and oxygen atoms in total. The molecule has 2 saturated heterocycles. The van der Waals surface area contributed by atoms with Gasteiger partial charge in [0.25, 0.3) is 0 Å². The molecule has 0 spiro atoms. The molecule has 0 radical (unpaired) electrons. The Balaban J connectivity index is 1.78. The van der Waals surface area contributed by atoms with Crippen molar-refractivity contribution in [1.29, 1.82) is 0 Å². The van der Waals surface area contributed by atoms with Crippen LogP contribution in [0, 0.1) is 5.82 Å². The number of benzene rings is 1. The molecule has 2 bridgehead atoms. The maximum absolute atomic E-state index is 13.5. The Labute approximate surface area is 114 Å². The lowest BCUT2D eigenvalue weighted by atomic mass is 9.95. The van der Waals surface area contributed by atoms with Gasteiger partial charge in [-0.05, 0) is 19.3 Å². The summed E-state index contributed by atoms with van der Waals surface area (Å²) in [6.07, 6.45) is 3.19. The van der Waals surface area contributed by atoms with Gasteiger partial charge in [-0.3, -0.25) is 0 Å². The zero-order valence-electron chi connectivity index (χ0n) is 10.6. The van der Waals surface area contributed by atoms with E-state index in [1.807, 2.05) is 0 Å². The Hall–Kier alpha value is -1.63. The monoisotopic (exact) mass is 288 g/mol. The number of hydrogen-bond donors (Lipinski definition) is 2. The van der Waals surface area contributed by atoms with E-state index in [0.717, 1.165) is 25.3 Å². The largest absolute Gasteiger partial charge is 0.432 e. The molecule has 7 heteroatoms. The summed E-state index contributed by atoms with van der Waals surface area (Å²) in [5, 5.41) is 3.14. The predicted molar refractivity (Wildman–Crippen MR) is 67.4 cm³/mol. The Morgan fingerprint density at radius 3 is 2.75 bits per heavy atom. The number of anilines is 2. The fourth-order valence-electron chi connectivity index (χ4n) is 2.87. The van der Waals surface area contributed by atoms with E-state index < -0.39 is 18.2 Å². The van der Waals surface area contributed by atoms with E-state index in [1.165, 1.54) is 6.07 Å². The molecular formula is C13H15F3N2O2. The SMILES string of the molecule is Nc1cc(F)c(OC(F)F)cc1NC1CC2CCC1O2. The van der Waals surface area contributed by atoms with Crippen molar-refractivity contribution in [3.05, 3.63) is 17.9 Å². The average Bonchev–Trinajstić information content (AvgIpc) is 2.96. The lowest BCUT2D eigenvalue weighted by Gasteiger charge is -2.22. The Kier molecular flexibility index (Phi) is 3.37. The highest BCUT2D eigenvalue weighted by Gasteiger charge is 2.40. The second kappa shape index (κ2) is 5.05. The van der Waals surface area contributed by atoms with Gasteiger partial charge in [0.15, 0.2) is 11.6 Å². The van der Waals surface area contributed by atoms with Gasteiger partial charge in [-0.15, -0.1) is 0 Å². The minimum absolute atomic E-state index is 0.0703. The zero-order valence-corrected chi connectivity index (χ0v) is 10.6. The van der Waals surface area contributed by atoms with Crippen molar-refractivity contribution >= 4 is 11.4 Å². The summed E-state index contributed by atoms with van der Waals surface area (Å²) in [6.45, 7) is -3.08. The zero-order chi connectivity index (χ0) is 14.3. The fraction of sp³-hybridized carbons (Fsp3) is 0.538. The van der Waals surface area contributed by atoms with Crippen molar-refractivity contribution in [3.8, 4) is 5.75 Å². The number of halogens is 3. The summed E-state index contributed by atoms with van der Waals surface area (Å²) in [5.74, 6) is -1.42. The van der Waals surface area contributed by atoms with Crippen LogP contribution in [0.25, 0.3) is 0 Å². The van der Waals surface area contributed by atoms with E-state index in [0.29, 0.717) is 5.69 Å². The van der Waals surface area contributed by atoms with Gasteiger partial charge in [0.2, 0.25) is 0 Å². The first-order valence-electron chi connectivity index (χ1n) is 6.49. The van der Waals surface area contributed by atoms with E-state index in [4.69, 9.17) is 10.5 Å². The van der Waals surface area contributed by atoms with Gasteiger partial charge in [-0.25, -0.2) is 4.39 Å². The molecule has 2 heterocycles. The number of nitrogens with one attached hydrogen (secondary N) is 1. The quantitative estimate of drug-likeness (QED) is 0.836. The molecule has 0 saturated carbocycles. The highest BCUT2D eigenvalue weighted by Crippen LogP contribution is 2.38. The third kappa shape index (κ3) is 2.49. The predicted octanol–water partition coefficient (Wildman–Crippen LogP) is 2.74. The molecule has 3 N–H and O–H groups in total. The second-order valence-corrected chi connectivity index (χ2v) is 5.11. The van der Waals surface area contributed by atoms with E-state index >= 15 is 0 Å². The third-order valence-corrected chi connectivity index (χ3v) is 3.77. The molecule has 1 aromatic rings. The molecule has 2 aliphatic heterocycles. The Morgan fingerprint density at radius 2 is 2.15 bits per heavy atom. The van der Waals surface area contributed by atoms with Crippen LogP contribution in [-0.2, 0) is 4.74 Å². The van der Waals surface area contributed by atoms with Crippen molar-refractivity contribution < 1.29 is 22.6 Å². The number of fused-ring (bicyclic) bond motifs is 2. The van der Waals surface area contributed by atoms with Gasteiger partial charge in [0.1, 0.15) is 0 Å². The topological polar surface area (TPSA) is 56.5 Å². The highest BCUT2D eigenvalue weighted by atomic mass is 19.3. The van der Waals surface area contributed by atoms with Gasteiger partial charge >= 0.3 is 6.61 Å². The molecule has 3 atom stereocenters.